The third kappa shape index (κ3) is 4.74. The Morgan fingerprint density at radius 3 is 2.56 bits per heavy atom. The van der Waals surface area contributed by atoms with Gasteiger partial charge in [0.1, 0.15) is 17.2 Å². The van der Waals surface area contributed by atoms with E-state index in [1.54, 1.807) is 42.5 Å². The van der Waals surface area contributed by atoms with Gasteiger partial charge in [0.2, 0.25) is 0 Å². The Balaban J connectivity index is 1.26. The second kappa shape index (κ2) is 9.33. The molecular weight excluding hydrogens is 448 g/mol. The quantitative estimate of drug-likeness (QED) is 0.343. The number of nitrogens with one attached hydrogen (secondary N) is 2. The standard InChI is InChI=1S/C27H20N2O4S/c30-19-9-11-20(12-10-19)33-21-5-3-4-17(14-21)16-28-26(31)18-8-13-25-23(15-18)29-27(32)22-6-1-2-7-24(22)34-25/h1-15,30H,16H2,(H,28,31)(H,29,32). The van der Waals surface area contributed by atoms with Crippen LogP contribution in [0.2, 0.25) is 0 Å². The summed E-state index contributed by atoms with van der Waals surface area (Å²) in [5.41, 5.74) is 2.56. The smallest absolute Gasteiger partial charge is 0.256 e. The highest BCUT2D eigenvalue weighted by atomic mass is 32.2. The molecule has 0 radical (unpaired) electrons. The van der Waals surface area contributed by atoms with Crippen molar-refractivity contribution in [2.45, 2.75) is 16.3 Å². The van der Waals surface area contributed by atoms with Crippen molar-refractivity contribution in [3.8, 4) is 17.2 Å². The molecule has 168 valence electrons. The van der Waals surface area contributed by atoms with Gasteiger partial charge in [-0.25, -0.2) is 0 Å². The molecular formula is C27H20N2O4S. The number of carbonyl (C=O) groups is 2. The Labute approximate surface area is 200 Å². The van der Waals surface area contributed by atoms with Gasteiger partial charge in [0.25, 0.3) is 11.8 Å². The van der Waals surface area contributed by atoms with Gasteiger partial charge in [-0.1, -0.05) is 36.0 Å². The molecule has 7 heteroatoms. The number of amides is 2. The van der Waals surface area contributed by atoms with E-state index in [9.17, 15) is 14.7 Å². The summed E-state index contributed by atoms with van der Waals surface area (Å²) >= 11 is 1.50. The number of phenolic OH excluding ortho intramolecular Hbond substituents is 1. The lowest BCUT2D eigenvalue weighted by Crippen LogP contribution is -2.23. The molecule has 4 aromatic carbocycles. The first-order valence-corrected chi connectivity index (χ1v) is 11.4. The largest absolute Gasteiger partial charge is 0.508 e. The molecule has 0 aromatic heterocycles. The molecule has 1 aliphatic heterocycles. The van der Waals surface area contributed by atoms with Gasteiger partial charge in [0, 0.05) is 21.9 Å². The summed E-state index contributed by atoms with van der Waals surface area (Å²) < 4.78 is 5.81. The van der Waals surface area contributed by atoms with Gasteiger partial charge in [-0.15, -0.1) is 0 Å². The van der Waals surface area contributed by atoms with E-state index in [2.05, 4.69) is 10.6 Å². The van der Waals surface area contributed by atoms with Crippen molar-refractivity contribution < 1.29 is 19.4 Å². The van der Waals surface area contributed by atoms with Crippen LogP contribution in [0, 0.1) is 0 Å². The molecule has 6 nitrogen and oxygen atoms in total. The Morgan fingerprint density at radius 1 is 0.882 bits per heavy atom. The number of hydrogen-bond acceptors (Lipinski definition) is 5. The first kappa shape index (κ1) is 21.6. The number of hydrogen-bond donors (Lipinski definition) is 3. The summed E-state index contributed by atoms with van der Waals surface area (Å²) in [6.07, 6.45) is 0. The fourth-order valence-corrected chi connectivity index (χ4v) is 4.57. The van der Waals surface area contributed by atoms with Crippen LogP contribution in [0.5, 0.6) is 17.2 Å². The molecule has 5 rings (SSSR count). The maximum absolute atomic E-state index is 12.8. The van der Waals surface area contributed by atoms with E-state index in [0.29, 0.717) is 34.9 Å². The molecule has 4 aromatic rings. The Morgan fingerprint density at radius 2 is 1.71 bits per heavy atom. The monoisotopic (exact) mass is 468 g/mol. The Bertz CT molecular complexity index is 1390. The van der Waals surface area contributed by atoms with Gasteiger partial charge in [-0.3, -0.25) is 9.59 Å². The molecule has 34 heavy (non-hydrogen) atoms. The van der Waals surface area contributed by atoms with Crippen molar-refractivity contribution >= 4 is 29.3 Å². The van der Waals surface area contributed by atoms with Crippen molar-refractivity contribution in [1.82, 2.24) is 5.32 Å². The van der Waals surface area contributed by atoms with E-state index in [1.807, 2.05) is 48.5 Å². The number of ether oxygens (including phenoxy) is 1. The fraction of sp³-hybridized carbons (Fsp3) is 0.0370. The van der Waals surface area contributed by atoms with E-state index in [4.69, 9.17) is 4.74 Å². The van der Waals surface area contributed by atoms with Gasteiger partial charge >= 0.3 is 0 Å². The Kier molecular flexibility index (Phi) is 5.93. The highest BCUT2D eigenvalue weighted by Crippen LogP contribution is 2.39. The van der Waals surface area contributed by atoms with Crippen molar-refractivity contribution in [2.75, 3.05) is 5.32 Å². The zero-order valence-electron chi connectivity index (χ0n) is 17.9. The first-order chi connectivity index (χ1) is 16.5. The van der Waals surface area contributed by atoms with Gasteiger partial charge in [-0.2, -0.15) is 0 Å². The second-order valence-corrected chi connectivity index (χ2v) is 8.77. The van der Waals surface area contributed by atoms with E-state index in [-0.39, 0.29) is 17.6 Å². The minimum atomic E-state index is -0.242. The molecule has 0 saturated heterocycles. The van der Waals surface area contributed by atoms with E-state index < -0.39 is 0 Å². The number of carbonyl (C=O) groups excluding carboxylic acids is 2. The number of fused-ring (bicyclic) bond motifs is 2. The molecule has 2 amide bonds. The van der Waals surface area contributed by atoms with Gasteiger partial charge in [0.05, 0.1) is 11.3 Å². The van der Waals surface area contributed by atoms with Crippen molar-refractivity contribution in [3.05, 3.63) is 108 Å². The molecule has 0 unspecified atom stereocenters. The molecule has 3 N–H and O–H groups in total. The maximum atomic E-state index is 12.8. The van der Waals surface area contributed by atoms with Crippen LogP contribution in [0.15, 0.2) is 101 Å². The first-order valence-electron chi connectivity index (χ1n) is 10.6. The van der Waals surface area contributed by atoms with Crippen LogP contribution in [0.1, 0.15) is 26.3 Å². The molecule has 1 heterocycles. The van der Waals surface area contributed by atoms with Gasteiger partial charge in [0.15, 0.2) is 0 Å². The molecule has 0 saturated carbocycles. The van der Waals surface area contributed by atoms with Gasteiger partial charge < -0.3 is 20.5 Å². The van der Waals surface area contributed by atoms with Gasteiger partial charge in [-0.05, 0) is 72.3 Å². The van der Waals surface area contributed by atoms with Crippen LogP contribution in [0.25, 0.3) is 0 Å². The normalized spacial score (nSPS) is 12.1. The van der Waals surface area contributed by atoms with E-state index in [1.165, 1.54) is 11.8 Å². The predicted octanol–water partition coefficient (Wildman–Crippen LogP) is 5.83. The summed E-state index contributed by atoms with van der Waals surface area (Å²) in [5, 5.41) is 15.2. The number of phenols is 1. The summed E-state index contributed by atoms with van der Waals surface area (Å²) in [6.45, 7) is 0.315. The van der Waals surface area contributed by atoms with Crippen molar-refractivity contribution in [1.29, 1.82) is 0 Å². The topological polar surface area (TPSA) is 87.7 Å². The van der Waals surface area contributed by atoms with E-state index >= 15 is 0 Å². The predicted molar refractivity (Wildman–Crippen MR) is 131 cm³/mol. The molecule has 0 atom stereocenters. The van der Waals surface area contributed by atoms with Crippen molar-refractivity contribution in [2.24, 2.45) is 0 Å². The number of anilines is 1. The summed E-state index contributed by atoms with van der Waals surface area (Å²) in [4.78, 5) is 27.2. The lowest BCUT2D eigenvalue weighted by Gasteiger charge is -2.11. The third-order valence-electron chi connectivity index (χ3n) is 5.27. The highest BCUT2D eigenvalue weighted by Gasteiger charge is 2.20. The summed E-state index contributed by atoms with van der Waals surface area (Å²) in [7, 11) is 0. The number of rotatable bonds is 5. The van der Waals surface area contributed by atoms with Crippen molar-refractivity contribution in [3.63, 3.8) is 0 Å². The minimum Gasteiger partial charge on any atom is -0.508 e. The number of benzene rings is 4. The highest BCUT2D eigenvalue weighted by molar-refractivity contribution is 7.99. The molecule has 0 fully saturated rings. The molecule has 0 aliphatic carbocycles. The minimum absolute atomic E-state index is 0.171. The van der Waals surface area contributed by atoms with Crippen LogP contribution in [-0.4, -0.2) is 16.9 Å². The average Bonchev–Trinajstić information content (AvgIpc) is 2.99. The van der Waals surface area contributed by atoms with Crippen LogP contribution in [0.4, 0.5) is 5.69 Å². The zero-order valence-corrected chi connectivity index (χ0v) is 18.8. The zero-order chi connectivity index (χ0) is 23.5. The van der Waals surface area contributed by atoms with Crippen LogP contribution in [0.3, 0.4) is 0 Å². The summed E-state index contributed by atoms with van der Waals surface area (Å²) in [5.74, 6) is 0.968. The molecule has 1 aliphatic rings. The van der Waals surface area contributed by atoms with E-state index in [0.717, 1.165) is 15.4 Å². The fourth-order valence-electron chi connectivity index (χ4n) is 3.56. The Hall–Kier alpha value is -4.23. The average molecular weight is 469 g/mol. The maximum Gasteiger partial charge on any atom is 0.256 e. The third-order valence-corrected chi connectivity index (χ3v) is 6.42. The van der Waals surface area contributed by atoms with Crippen LogP contribution < -0.4 is 15.4 Å². The lowest BCUT2D eigenvalue weighted by molar-refractivity contribution is 0.0949. The SMILES string of the molecule is O=C(NCc1cccc(Oc2ccc(O)cc2)c1)c1ccc2c(c1)NC(=O)c1ccccc1S2. The second-order valence-electron chi connectivity index (χ2n) is 7.69. The molecule has 0 spiro atoms. The van der Waals surface area contributed by atoms with Crippen LogP contribution >= 0.6 is 11.8 Å². The summed E-state index contributed by atoms with van der Waals surface area (Å²) in [6, 6.07) is 26.6. The number of aromatic hydroxyl groups is 1. The lowest BCUT2D eigenvalue weighted by atomic mass is 10.1. The molecule has 0 bridgehead atoms. The van der Waals surface area contributed by atoms with Crippen LogP contribution in [-0.2, 0) is 6.54 Å².